The predicted octanol–water partition coefficient (Wildman–Crippen LogP) is 2.62. The quantitative estimate of drug-likeness (QED) is 0.831. The van der Waals surface area contributed by atoms with Crippen molar-refractivity contribution >= 4 is 0 Å². The standard InChI is InChI=1S/C16H27NO2/c1-12(17-11-15(18)16(2,3)4)10-13-6-8-14(19-5)9-7-13/h6-9,12,15,17-18H,10-11H2,1-5H3. The van der Waals surface area contributed by atoms with Gasteiger partial charge in [-0.2, -0.15) is 0 Å². The van der Waals surface area contributed by atoms with Gasteiger partial charge < -0.3 is 15.2 Å². The highest BCUT2D eigenvalue weighted by atomic mass is 16.5. The van der Waals surface area contributed by atoms with Crippen molar-refractivity contribution in [2.24, 2.45) is 5.41 Å². The SMILES string of the molecule is COc1ccc(CC(C)NCC(O)C(C)(C)C)cc1. The van der Waals surface area contributed by atoms with Gasteiger partial charge in [0.05, 0.1) is 13.2 Å². The molecule has 1 aromatic rings. The van der Waals surface area contributed by atoms with Gasteiger partial charge in [0.15, 0.2) is 0 Å². The van der Waals surface area contributed by atoms with Gasteiger partial charge in [0.25, 0.3) is 0 Å². The molecule has 0 saturated heterocycles. The van der Waals surface area contributed by atoms with Crippen molar-refractivity contribution in [3.63, 3.8) is 0 Å². The number of hydrogen-bond donors (Lipinski definition) is 2. The molecule has 108 valence electrons. The molecule has 3 heteroatoms. The molecule has 0 heterocycles. The fourth-order valence-corrected chi connectivity index (χ4v) is 1.81. The zero-order valence-electron chi connectivity index (χ0n) is 12.7. The normalized spacial score (nSPS) is 15.1. The van der Waals surface area contributed by atoms with Crippen LogP contribution in [0, 0.1) is 5.41 Å². The first-order chi connectivity index (χ1) is 8.82. The molecule has 0 fully saturated rings. The largest absolute Gasteiger partial charge is 0.497 e. The first-order valence-corrected chi connectivity index (χ1v) is 6.87. The van der Waals surface area contributed by atoms with Crippen molar-refractivity contribution in [3.8, 4) is 5.75 Å². The van der Waals surface area contributed by atoms with E-state index in [0.717, 1.165) is 12.2 Å². The average Bonchev–Trinajstić information content (AvgIpc) is 2.35. The molecular weight excluding hydrogens is 238 g/mol. The Morgan fingerprint density at radius 3 is 2.26 bits per heavy atom. The Hall–Kier alpha value is -1.06. The van der Waals surface area contributed by atoms with E-state index in [1.54, 1.807) is 7.11 Å². The lowest BCUT2D eigenvalue weighted by molar-refractivity contribution is 0.0609. The number of aliphatic hydroxyl groups is 1. The van der Waals surface area contributed by atoms with E-state index in [9.17, 15) is 5.11 Å². The molecule has 0 radical (unpaired) electrons. The molecule has 0 aliphatic rings. The van der Waals surface area contributed by atoms with Gasteiger partial charge in [-0.15, -0.1) is 0 Å². The molecule has 0 saturated carbocycles. The highest BCUT2D eigenvalue weighted by Crippen LogP contribution is 2.18. The number of hydrogen-bond acceptors (Lipinski definition) is 3. The van der Waals surface area contributed by atoms with Gasteiger partial charge in [0.1, 0.15) is 5.75 Å². The van der Waals surface area contributed by atoms with Crippen LogP contribution in [0.3, 0.4) is 0 Å². The Balaban J connectivity index is 2.40. The summed E-state index contributed by atoms with van der Waals surface area (Å²) >= 11 is 0. The zero-order chi connectivity index (χ0) is 14.5. The van der Waals surface area contributed by atoms with Crippen molar-refractivity contribution in [2.75, 3.05) is 13.7 Å². The lowest BCUT2D eigenvalue weighted by atomic mass is 9.89. The summed E-state index contributed by atoms with van der Waals surface area (Å²) in [5.74, 6) is 0.882. The third-order valence-electron chi connectivity index (χ3n) is 3.36. The monoisotopic (exact) mass is 265 g/mol. The second kappa shape index (κ2) is 6.92. The van der Waals surface area contributed by atoms with Crippen LogP contribution < -0.4 is 10.1 Å². The highest BCUT2D eigenvalue weighted by Gasteiger charge is 2.22. The summed E-state index contributed by atoms with van der Waals surface area (Å²) in [4.78, 5) is 0. The minimum atomic E-state index is -0.328. The number of ether oxygens (including phenoxy) is 1. The smallest absolute Gasteiger partial charge is 0.118 e. The Kier molecular flexibility index (Phi) is 5.83. The second-order valence-corrected chi connectivity index (χ2v) is 6.24. The lowest BCUT2D eigenvalue weighted by Crippen LogP contribution is -2.40. The summed E-state index contributed by atoms with van der Waals surface area (Å²) in [6.45, 7) is 8.91. The van der Waals surface area contributed by atoms with Gasteiger partial charge in [0.2, 0.25) is 0 Å². The number of benzene rings is 1. The van der Waals surface area contributed by atoms with Crippen LogP contribution in [0.1, 0.15) is 33.3 Å². The van der Waals surface area contributed by atoms with E-state index in [-0.39, 0.29) is 11.5 Å². The molecule has 2 atom stereocenters. The van der Waals surface area contributed by atoms with E-state index in [0.29, 0.717) is 12.6 Å². The molecule has 3 nitrogen and oxygen atoms in total. The highest BCUT2D eigenvalue weighted by molar-refractivity contribution is 5.27. The maximum atomic E-state index is 9.99. The molecule has 0 aliphatic carbocycles. The average molecular weight is 265 g/mol. The molecule has 0 amide bonds. The number of methoxy groups -OCH3 is 1. The molecule has 1 rings (SSSR count). The van der Waals surface area contributed by atoms with E-state index in [2.05, 4.69) is 24.4 Å². The molecule has 0 aromatic heterocycles. The summed E-state index contributed by atoms with van der Waals surface area (Å²) < 4.78 is 5.14. The van der Waals surface area contributed by atoms with Crippen molar-refractivity contribution in [3.05, 3.63) is 29.8 Å². The van der Waals surface area contributed by atoms with Gasteiger partial charge in [0, 0.05) is 12.6 Å². The molecule has 2 unspecified atom stereocenters. The Morgan fingerprint density at radius 1 is 1.21 bits per heavy atom. The minimum Gasteiger partial charge on any atom is -0.497 e. The predicted molar refractivity (Wildman–Crippen MR) is 79.6 cm³/mol. The molecule has 0 aliphatic heterocycles. The first kappa shape index (κ1) is 16.0. The Morgan fingerprint density at radius 2 is 1.79 bits per heavy atom. The van der Waals surface area contributed by atoms with E-state index < -0.39 is 0 Å². The van der Waals surface area contributed by atoms with Crippen LogP contribution in [0.2, 0.25) is 0 Å². The van der Waals surface area contributed by atoms with Crippen molar-refractivity contribution < 1.29 is 9.84 Å². The van der Waals surface area contributed by atoms with Gasteiger partial charge >= 0.3 is 0 Å². The van der Waals surface area contributed by atoms with Crippen LogP contribution >= 0.6 is 0 Å². The summed E-state index contributed by atoms with van der Waals surface area (Å²) in [5, 5.41) is 13.4. The van der Waals surface area contributed by atoms with Gasteiger partial charge in [-0.25, -0.2) is 0 Å². The van der Waals surface area contributed by atoms with Crippen LogP contribution in [0.25, 0.3) is 0 Å². The molecule has 0 bridgehead atoms. The minimum absolute atomic E-state index is 0.0766. The second-order valence-electron chi connectivity index (χ2n) is 6.24. The Labute approximate surface area is 117 Å². The first-order valence-electron chi connectivity index (χ1n) is 6.87. The maximum Gasteiger partial charge on any atom is 0.118 e. The Bertz CT molecular complexity index is 367. The van der Waals surface area contributed by atoms with E-state index >= 15 is 0 Å². The van der Waals surface area contributed by atoms with Crippen LogP contribution in [0.4, 0.5) is 0 Å². The van der Waals surface area contributed by atoms with Crippen molar-refractivity contribution in [1.29, 1.82) is 0 Å². The summed E-state index contributed by atoms with van der Waals surface area (Å²) in [6.07, 6.45) is 0.617. The van der Waals surface area contributed by atoms with E-state index in [1.807, 2.05) is 32.9 Å². The van der Waals surface area contributed by atoms with Gasteiger partial charge in [-0.05, 0) is 36.5 Å². The topological polar surface area (TPSA) is 41.5 Å². The number of aliphatic hydroxyl groups excluding tert-OH is 1. The van der Waals surface area contributed by atoms with Gasteiger partial charge in [-0.1, -0.05) is 32.9 Å². The van der Waals surface area contributed by atoms with Crippen LogP contribution in [0.5, 0.6) is 5.75 Å². The zero-order valence-corrected chi connectivity index (χ0v) is 12.7. The van der Waals surface area contributed by atoms with Gasteiger partial charge in [-0.3, -0.25) is 0 Å². The van der Waals surface area contributed by atoms with Crippen LogP contribution in [-0.2, 0) is 6.42 Å². The third kappa shape index (κ3) is 5.62. The maximum absolute atomic E-state index is 9.99. The fourth-order valence-electron chi connectivity index (χ4n) is 1.81. The van der Waals surface area contributed by atoms with E-state index in [1.165, 1.54) is 5.56 Å². The molecule has 2 N–H and O–H groups in total. The summed E-state index contributed by atoms with van der Waals surface area (Å²) in [6, 6.07) is 8.46. The van der Waals surface area contributed by atoms with Crippen molar-refractivity contribution in [1.82, 2.24) is 5.32 Å². The third-order valence-corrected chi connectivity index (χ3v) is 3.36. The number of nitrogens with one attached hydrogen (secondary N) is 1. The fraction of sp³-hybridized carbons (Fsp3) is 0.625. The lowest BCUT2D eigenvalue weighted by Gasteiger charge is -2.27. The molecule has 1 aromatic carbocycles. The molecule has 0 spiro atoms. The summed E-state index contributed by atoms with van der Waals surface area (Å²) in [5.41, 5.74) is 1.19. The van der Waals surface area contributed by atoms with E-state index in [4.69, 9.17) is 4.74 Å². The van der Waals surface area contributed by atoms with Crippen LogP contribution in [0.15, 0.2) is 24.3 Å². The van der Waals surface area contributed by atoms with Crippen LogP contribution in [-0.4, -0.2) is 30.9 Å². The molecule has 19 heavy (non-hydrogen) atoms. The summed E-state index contributed by atoms with van der Waals surface area (Å²) in [7, 11) is 1.67. The molecular formula is C16H27NO2. The number of rotatable bonds is 6. The van der Waals surface area contributed by atoms with Crippen molar-refractivity contribution in [2.45, 2.75) is 46.3 Å².